The van der Waals surface area contributed by atoms with Crippen LogP contribution in [0.15, 0.2) is 158 Å². The quantitative estimate of drug-likeness (QED) is 0.0592. The molecule has 6 nitrogen and oxygen atoms in total. The molecule has 2 heterocycles. The summed E-state index contributed by atoms with van der Waals surface area (Å²) >= 11 is 0. The lowest BCUT2D eigenvalue weighted by Gasteiger charge is -2.19. The number of hydrogen-bond acceptors (Lipinski definition) is 6. The normalized spacial score (nSPS) is 11.8. The Morgan fingerprint density at radius 1 is 0.571 bits per heavy atom. The summed E-state index contributed by atoms with van der Waals surface area (Å²) in [4.78, 5) is 39.3. The van der Waals surface area contributed by atoms with E-state index >= 15 is 0 Å². The van der Waals surface area contributed by atoms with E-state index in [4.69, 9.17) is 13.6 Å². The van der Waals surface area contributed by atoms with Crippen molar-refractivity contribution in [1.82, 2.24) is 0 Å². The smallest absolute Gasteiger partial charge is 0.336 e. The molecule has 0 saturated heterocycles. The van der Waals surface area contributed by atoms with Crippen LogP contribution in [0.25, 0.3) is 71.3 Å². The van der Waals surface area contributed by atoms with Crippen molar-refractivity contribution in [1.29, 1.82) is 0 Å². The number of benzene rings is 6. The second-order valence-corrected chi connectivity index (χ2v) is 11.7. The molecule has 0 bridgehead atoms. The fourth-order valence-corrected chi connectivity index (χ4v) is 6.72. The lowest BCUT2D eigenvalue weighted by atomic mass is 9.85. The van der Waals surface area contributed by atoms with Gasteiger partial charge < -0.3 is 13.6 Å². The average Bonchev–Trinajstić information content (AvgIpc) is 3.13. The van der Waals surface area contributed by atoms with Crippen LogP contribution in [0, 0.1) is 0 Å². The highest BCUT2D eigenvalue weighted by Crippen LogP contribution is 2.44. The SMILES string of the molecule is CCOC(=O)/C=C(/c1ccccc1)c1c2ccc3c(-c4ccccc4)cc(=O)oc3c2cc2c1cc(-c1ccccc1)c1ccc(=O)oc12. The summed E-state index contributed by atoms with van der Waals surface area (Å²) in [5.74, 6) is -0.499. The molecule has 0 aliphatic carbocycles. The predicted octanol–water partition coefficient (Wildman–Crippen LogP) is 9.53. The van der Waals surface area contributed by atoms with Crippen LogP contribution in [0.2, 0.25) is 0 Å². The van der Waals surface area contributed by atoms with E-state index in [1.165, 1.54) is 18.2 Å². The Morgan fingerprint density at radius 2 is 1.10 bits per heavy atom. The second kappa shape index (κ2) is 12.2. The van der Waals surface area contributed by atoms with Crippen molar-refractivity contribution in [3.05, 3.63) is 172 Å². The molecule has 0 amide bonds. The van der Waals surface area contributed by atoms with Gasteiger partial charge >= 0.3 is 17.2 Å². The standard InChI is InChI=1S/C43H28O6/c1-2-47-39(45)25-34(28-16-10-5-11-17-28)41-29-18-19-30-33(27-14-8-4-9-15-27)24-40(46)49-42(30)36(29)23-37-35(41)22-32(26-12-6-3-7-13-26)31-20-21-38(44)48-43(31)37/h3-25H,2H2,1H3/b34-25-. The highest BCUT2D eigenvalue weighted by Gasteiger charge is 2.22. The van der Waals surface area contributed by atoms with Gasteiger partial charge in [0.25, 0.3) is 0 Å². The van der Waals surface area contributed by atoms with Crippen LogP contribution in [-0.4, -0.2) is 12.6 Å². The minimum atomic E-state index is -0.499. The molecule has 6 aromatic carbocycles. The van der Waals surface area contributed by atoms with E-state index in [1.54, 1.807) is 13.0 Å². The molecule has 0 radical (unpaired) electrons. The summed E-state index contributed by atoms with van der Waals surface area (Å²) < 4.78 is 17.5. The number of ether oxygens (including phenoxy) is 1. The molecule has 0 aliphatic rings. The molecule has 0 N–H and O–H groups in total. The summed E-state index contributed by atoms with van der Waals surface area (Å²) in [6, 6.07) is 41.8. The minimum absolute atomic E-state index is 0.208. The topological polar surface area (TPSA) is 86.7 Å². The van der Waals surface area contributed by atoms with E-state index in [9.17, 15) is 14.4 Å². The number of carbonyl (C=O) groups is 1. The van der Waals surface area contributed by atoms with Crippen LogP contribution in [0.3, 0.4) is 0 Å². The van der Waals surface area contributed by atoms with Gasteiger partial charge in [-0.1, -0.05) is 97.1 Å². The van der Waals surface area contributed by atoms with E-state index in [-0.39, 0.29) is 6.61 Å². The van der Waals surface area contributed by atoms with Gasteiger partial charge in [0.1, 0.15) is 11.2 Å². The molecule has 6 heteroatoms. The molecule has 0 saturated carbocycles. The molecule has 236 valence electrons. The molecule has 0 spiro atoms. The zero-order chi connectivity index (χ0) is 33.5. The first-order valence-corrected chi connectivity index (χ1v) is 16.0. The Balaban J connectivity index is 1.61. The molecule has 0 fully saturated rings. The van der Waals surface area contributed by atoms with Crippen molar-refractivity contribution < 1.29 is 18.4 Å². The Kier molecular flexibility index (Phi) is 7.46. The zero-order valence-corrected chi connectivity index (χ0v) is 26.4. The molecular weight excluding hydrogens is 612 g/mol. The molecule has 49 heavy (non-hydrogen) atoms. The van der Waals surface area contributed by atoms with E-state index in [1.807, 2.05) is 109 Å². The van der Waals surface area contributed by atoms with Crippen LogP contribution in [0.4, 0.5) is 0 Å². The van der Waals surface area contributed by atoms with E-state index < -0.39 is 17.2 Å². The minimum Gasteiger partial charge on any atom is -0.463 e. The van der Waals surface area contributed by atoms with Gasteiger partial charge in [-0.15, -0.1) is 0 Å². The second-order valence-electron chi connectivity index (χ2n) is 11.7. The Hall–Kier alpha value is -6.53. The first kappa shape index (κ1) is 29.8. The Morgan fingerprint density at radius 3 is 1.73 bits per heavy atom. The maximum absolute atomic E-state index is 13.3. The maximum atomic E-state index is 13.3. The summed E-state index contributed by atoms with van der Waals surface area (Å²) in [7, 11) is 0. The van der Waals surface area contributed by atoms with Crippen molar-refractivity contribution in [2.45, 2.75) is 6.92 Å². The van der Waals surface area contributed by atoms with Crippen LogP contribution >= 0.6 is 0 Å². The Labute approximate surface area is 280 Å². The summed E-state index contributed by atoms with van der Waals surface area (Å²) in [6.45, 7) is 1.97. The van der Waals surface area contributed by atoms with Gasteiger partial charge in [0.05, 0.1) is 6.61 Å². The first-order valence-electron chi connectivity index (χ1n) is 16.0. The summed E-state index contributed by atoms with van der Waals surface area (Å²) in [5, 5.41) is 4.22. The van der Waals surface area contributed by atoms with E-state index in [2.05, 4.69) is 6.07 Å². The van der Waals surface area contributed by atoms with Gasteiger partial charge in [-0.2, -0.15) is 0 Å². The van der Waals surface area contributed by atoms with Crippen molar-refractivity contribution in [2.75, 3.05) is 6.61 Å². The van der Waals surface area contributed by atoms with Gasteiger partial charge in [-0.25, -0.2) is 14.4 Å². The largest absolute Gasteiger partial charge is 0.463 e. The van der Waals surface area contributed by atoms with Crippen molar-refractivity contribution in [3.63, 3.8) is 0 Å². The lowest BCUT2D eigenvalue weighted by molar-refractivity contribution is -0.137. The number of rotatable bonds is 6. The van der Waals surface area contributed by atoms with Crippen LogP contribution in [0.1, 0.15) is 18.1 Å². The summed E-state index contributed by atoms with van der Waals surface area (Å²) in [6.07, 6.45) is 1.50. The predicted molar refractivity (Wildman–Crippen MR) is 195 cm³/mol. The van der Waals surface area contributed by atoms with Crippen LogP contribution in [0.5, 0.6) is 0 Å². The van der Waals surface area contributed by atoms with Gasteiger partial charge in [0.15, 0.2) is 0 Å². The van der Waals surface area contributed by atoms with Crippen molar-refractivity contribution in [2.24, 2.45) is 0 Å². The van der Waals surface area contributed by atoms with Crippen molar-refractivity contribution in [3.8, 4) is 22.3 Å². The zero-order valence-electron chi connectivity index (χ0n) is 26.4. The van der Waals surface area contributed by atoms with Crippen LogP contribution < -0.4 is 11.3 Å². The van der Waals surface area contributed by atoms with E-state index in [0.29, 0.717) is 33.1 Å². The third-order valence-corrected chi connectivity index (χ3v) is 8.80. The van der Waals surface area contributed by atoms with E-state index in [0.717, 1.165) is 49.4 Å². The third-order valence-electron chi connectivity index (χ3n) is 8.80. The fraction of sp³-hybridized carbons (Fsp3) is 0.0465. The molecule has 8 aromatic rings. The van der Waals surface area contributed by atoms with Gasteiger partial charge in [-0.05, 0) is 80.9 Å². The Bertz CT molecular complexity index is 2680. The highest BCUT2D eigenvalue weighted by molar-refractivity contribution is 6.24. The first-order chi connectivity index (χ1) is 24.0. The molecular formula is C43H28O6. The molecule has 0 atom stereocenters. The van der Waals surface area contributed by atoms with Gasteiger partial charge in [-0.3, -0.25) is 0 Å². The average molecular weight is 641 g/mol. The lowest BCUT2D eigenvalue weighted by Crippen LogP contribution is -2.04. The van der Waals surface area contributed by atoms with Crippen molar-refractivity contribution >= 4 is 55.0 Å². The summed E-state index contributed by atoms with van der Waals surface area (Å²) in [5.41, 5.74) is 5.25. The molecule has 0 unspecified atom stereocenters. The number of carbonyl (C=O) groups excluding carboxylic acids is 1. The number of fused-ring (bicyclic) bond motifs is 6. The molecule has 8 rings (SSSR count). The fourth-order valence-electron chi connectivity index (χ4n) is 6.72. The number of hydrogen-bond donors (Lipinski definition) is 0. The monoisotopic (exact) mass is 640 g/mol. The maximum Gasteiger partial charge on any atom is 0.336 e. The number of esters is 1. The molecule has 0 aliphatic heterocycles. The van der Waals surface area contributed by atoms with Gasteiger partial charge in [0, 0.05) is 39.8 Å². The highest BCUT2D eigenvalue weighted by atomic mass is 16.5. The van der Waals surface area contributed by atoms with Crippen LogP contribution in [-0.2, 0) is 9.53 Å². The van der Waals surface area contributed by atoms with Gasteiger partial charge in [0.2, 0.25) is 0 Å². The molecule has 2 aromatic heterocycles. The third kappa shape index (κ3) is 5.29.